The van der Waals surface area contributed by atoms with Gasteiger partial charge in [0.15, 0.2) is 0 Å². The number of carbonyl (C=O) groups excluding carboxylic acids is 3. The van der Waals surface area contributed by atoms with Crippen LogP contribution in [0.2, 0.25) is 0 Å². The molecule has 0 radical (unpaired) electrons. The van der Waals surface area contributed by atoms with Crippen LogP contribution < -0.4 is 15.0 Å². The van der Waals surface area contributed by atoms with Crippen molar-refractivity contribution < 1.29 is 19.1 Å². The van der Waals surface area contributed by atoms with Gasteiger partial charge in [0.05, 0.1) is 31.9 Å². The maximum atomic E-state index is 14.2. The molecule has 2 saturated heterocycles. The van der Waals surface area contributed by atoms with Crippen LogP contribution in [0.5, 0.6) is 5.75 Å². The van der Waals surface area contributed by atoms with Gasteiger partial charge in [-0.1, -0.05) is 78.9 Å². The van der Waals surface area contributed by atoms with E-state index in [0.717, 1.165) is 34.7 Å². The summed E-state index contributed by atoms with van der Waals surface area (Å²) in [4.78, 5) is 47.1. The van der Waals surface area contributed by atoms with Gasteiger partial charge in [0.25, 0.3) is 0 Å². The molecule has 0 unspecified atom stereocenters. The largest absolute Gasteiger partial charge is 0.489 e. The molecular formula is C34H38N6O4. The maximum Gasteiger partial charge on any atom is 0.332 e. The van der Waals surface area contributed by atoms with Crippen LogP contribution in [0.15, 0.2) is 91.5 Å². The highest BCUT2D eigenvalue weighted by molar-refractivity contribution is 5.92. The second-order valence-electron chi connectivity index (χ2n) is 11.4. The number of likely N-dealkylation sites (N-methyl/N-ethyl adjacent to an activating group) is 1. The van der Waals surface area contributed by atoms with E-state index in [1.807, 2.05) is 90.8 Å². The van der Waals surface area contributed by atoms with Crippen molar-refractivity contribution in [1.29, 1.82) is 0 Å². The second-order valence-corrected chi connectivity index (χ2v) is 11.4. The maximum absolute atomic E-state index is 14.2. The van der Waals surface area contributed by atoms with E-state index in [1.165, 1.54) is 5.01 Å². The van der Waals surface area contributed by atoms with E-state index in [-0.39, 0.29) is 37.5 Å². The second kappa shape index (κ2) is 12.8. The molecule has 3 aliphatic rings. The lowest BCUT2D eigenvalue weighted by Crippen LogP contribution is -2.66. The van der Waals surface area contributed by atoms with Gasteiger partial charge in [-0.15, -0.1) is 6.58 Å². The van der Waals surface area contributed by atoms with Gasteiger partial charge in [-0.3, -0.25) is 14.6 Å². The van der Waals surface area contributed by atoms with E-state index in [1.54, 1.807) is 16.0 Å². The highest BCUT2D eigenvalue weighted by Crippen LogP contribution is 2.36. The van der Waals surface area contributed by atoms with Gasteiger partial charge in [-0.25, -0.2) is 4.79 Å². The molecule has 6 rings (SSSR count). The first-order valence-electron chi connectivity index (χ1n) is 15.0. The number of carbonyl (C=O) groups is 3. The molecule has 228 valence electrons. The lowest BCUT2D eigenvalue weighted by Gasteiger charge is -2.46. The minimum atomic E-state index is -0.713. The Bertz CT molecular complexity index is 1520. The van der Waals surface area contributed by atoms with Crippen LogP contribution in [-0.4, -0.2) is 89.7 Å². The van der Waals surface area contributed by atoms with Gasteiger partial charge >= 0.3 is 6.03 Å². The number of para-hydroxylation sites is 1. The first-order valence-corrected chi connectivity index (χ1v) is 15.0. The molecule has 0 saturated carbocycles. The number of hydrazine groups is 1. The number of anilines is 1. The first-order chi connectivity index (χ1) is 21.4. The van der Waals surface area contributed by atoms with E-state index in [0.29, 0.717) is 26.1 Å². The number of rotatable bonds is 9. The zero-order valence-electron chi connectivity index (χ0n) is 25.0. The molecule has 2 atom stereocenters. The normalized spacial score (nSPS) is 19.7. The van der Waals surface area contributed by atoms with Crippen LogP contribution in [0.3, 0.4) is 0 Å². The molecule has 0 spiro atoms. The van der Waals surface area contributed by atoms with Crippen LogP contribution in [-0.2, 0) is 29.1 Å². The van der Waals surface area contributed by atoms with Gasteiger partial charge in [0.1, 0.15) is 24.6 Å². The van der Waals surface area contributed by atoms with Gasteiger partial charge < -0.3 is 24.8 Å². The third kappa shape index (κ3) is 5.85. The summed E-state index contributed by atoms with van der Waals surface area (Å²) in [6, 6.07) is 24.4. The SMILES string of the molecule is C=CCN(C(=O)NCc1ccccc1)N1CC(=O)N2[C@@H](Cc3ccccc3)C(=O)N(Cc3cccc4c3OCCN4C)C[C@@H]21. The van der Waals surface area contributed by atoms with E-state index in [9.17, 15) is 14.4 Å². The Morgan fingerprint density at radius 1 is 1.02 bits per heavy atom. The third-order valence-electron chi connectivity index (χ3n) is 8.49. The Balaban J connectivity index is 1.30. The van der Waals surface area contributed by atoms with Crippen LogP contribution in [0.4, 0.5) is 10.5 Å². The summed E-state index contributed by atoms with van der Waals surface area (Å²) in [6.45, 7) is 6.34. The molecule has 3 aromatic carbocycles. The Kier molecular flexibility index (Phi) is 8.51. The van der Waals surface area contributed by atoms with Crippen molar-refractivity contribution in [1.82, 2.24) is 25.1 Å². The molecule has 0 bridgehead atoms. The number of piperazine rings is 1. The number of benzene rings is 3. The highest BCUT2D eigenvalue weighted by Gasteiger charge is 2.52. The zero-order valence-corrected chi connectivity index (χ0v) is 25.0. The summed E-state index contributed by atoms with van der Waals surface area (Å²) in [7, 11) is 2.03. The Hall–Kier alpha value is -4.83. The van der Waals surface area contributed by atoms with E-state index in [4.69, 9.17) is 4.74 Å². The molecule has 4 amide bonds. The lowest BCUT2D eigenvalue weighted by atomic mass is 9.99. The number of amides is 4. The molecule has 10 nitrogen and oxygen atoms in total. The molecule has 3 aromatic rings. The molecule has 2 fully saturated rings. The zero-order chi connectivity index (χ0) is 30.6. The van der Waals surface area contributed by atoms with E-state index < -0.39 is 12.2 Å². The standard InChI is InChI=1S/C34H38N6O4/c1-3-17-38(34(43)35-21-26-13-8-5-9-14-26)39-24-31(41)40-29(20-25-11-6-4-7-12-25)33(42)37(23-30(39)40)22-27-15-10-16-28-32(27)44-19-18-36(28)2/h3-16,29-30H,1,17-24H2,2H3,(H,35,43)/t29-,30+/m0/s1. The van der Waals surface area contributed by atoms with Crippen molar-refractivity contribution in [3.05, 3.63) is 108 Å². The number of nitrogens with zero attached hydrogens (tertiary/aromatic N) is 5. The van der Waals surface area contributed by atoms with Crippen molar-refractivity contribution in [2.45, 2.75) is 31.7 Å². The van der Waals surface area contributed by atoms with Crippen molar-refractivity contribution in [3.8, 4) is 5.75 Å². The van der Waals surface area contributed by atoms with Crippen LogP contribution in [0.1, 0.15) is 16.7 Å². The summed E-state index contributed by atoms with van der Waals surface area (Å²) in [5, 5.41) is 6.31. The highest BCUT2D eigenvalue weighted by atomic mass is 16.5. The fourth-order valence-electron chi connectivity index (χ4n) is 6.29. The fourth-order valence-corrected chi connectivity index (χ4v) is 6.29. The third-order valence-corrected chi connectivity index (χ3v) is 8.49. The van der Waals surface area contributed by atoms with Crippen molar-refractivity contribution in [2.24, 2.45) is 0 Å². The van der Waals surface area contributed by atoms with Crippen LogP contribution in [0.25, 0.3) is 0 Å². The molecule has 44 heavy (non-hydrogen) atoms. The smallest absolute Gasteiger partial charge is 0.332 e. The summed E-state index contributed by atoms with van der Waals surface area (Å²) < 4.78 is 6.09. The Morgan fingerprint density at radius 3 is 2.48 bits per heavy atom. The van der Waals surface area contributed by atoms with Gasteiger partial charge in [-0.2, -0.15) is 5.01 Å². The van der Waals surface area contributed by atoms with Crippen molar-refractivity contribution in [2.75, 3.05) is 44.7 Å². The topological polar surface area (TPSA) is 88.7 Å². The van der Waals surface area contributed by atoms with Crippen molar-refractivity contribution in [3.63, 3.8) is 0 Å². The number of fused-ring (bicyclic) bond motifs is 2. The summed E-state index contributed by atoms with van der Waals surface area (Å²) in [5.41, 5.74) is 3.83. The number of urea groups is 1. The molecular weight excluding hydrogens is 556 g/mol. The van der Waals surface area contributed by atoms with Gasteiger partial charge in [0.2, 0.25) is 11.8 Å². The molecule has 0 aliphatic carbocycles. The van der Waals surface area contributed by atoms with Gasteiger partial charge in [0, 0.05) is 32.1 Å². The average molecular weight is 595 g/mol. The quantitative estimate of drug-likeness (QED) is 0.383. The molecule has 10 heteroatoms. The lowest BCUT2D eigenvalue weighted by molar-refractivity contribution is -0.157. The molecule has 0 aromatic heterocycles. The Morgan fingerprint density at radius 2 is 1.75 bits per heavy atom. The van der Waals surface area contributed by atoms with Crippen LogP contribution in [0, 0.1) is 0 Å². The minimum absolute atomic E-state index is 0.0156. The number of hydrogen-bond donors (Lipinski definition) is 1. The average Bonchev–Trinajstić information content (AvgIpc) is 3.37. The predicted molar refractivity (Wildman–Crippen MR) is 167 cm³/mol. The molecule has 3 aliphatic heterocycles. The first kappa shape index (κ1) is 29.3. The minimum Gasteiger partial charge on any atom is -0.489 e. The molecule has 1 N–H and O–H groups in total. The summed E-state index contributed by atoms with van der Waals surface area (Å²) in [5.74, 6) is 0.478. The predicted octanol–water partition coefficient (Wildman–Crippen LogP) is 3.25. The monoisotopic (exact) mass is 594 g/mol. The van der Waals surface area contributed by atoms with Crippen molar-refractivity contribution >= 4 is 23.5 Å². The fraction of sp³-hybridized carbons (Fsp3) is 0.324. The number of nitrogens with one attached hydrogen (secondary N) is 1. The number of hydrogen-bond acceptors (Lipinski definition) is 6. The Labute approximate surface area is 258 Å². The van der Waals surface area contributed by atoms with E-state index >= 15 is 0 Å². The summed E-state index contributed by atoms with van der Waals surface area (Å²) in [6.07, 6.45) is 1.49. The van der Waals surface area contributed by atoms with Crippen LogP contribution >= 0.6 is 0 Å². The molecule has 3 heterocycles. The van der Waals surface area contributed by atoms with E-state index in [2.05, 4.69) is 16.8 Å². The van der Waals surface area contributed by atoms with Gasteiger partial charge in [-0.05, 0) is 17.2 Å². The summed E-state index contributed by atoms with van der Waals surface area (Å²) >= 11 is 0. The number of ether oxygens (including phenoxy) is 1.